The van der Waals surface area contributed by atoms with Gasteiger partial charge >= 0.3 is 0 Å². The first-order valence-corrected chi connectivity index (χ1v) is 9.33. The molecule has 0 fully saturated rings. The Bertz CT molecular complexity index is 1280. The van der Waals surface area contributed by atoms with Gasteiger partial charge in [0.2, 0.25) is 0 Å². The number of rotatable bonds is 4. The quantitative estimate of drug-likeness (QED) is 0.435. The molecule has 0 spiro atoms. The van der Waals surface area contributed by atoms with Gasteiger partial charge in [-0.05, 0) is 60.7 Å². The summed E-state index contributed by atoms with van der Waals surface area (Å²) >= 11 is 0. The first-order valence-electron chi connectivity index (χ1n) is 9.33. The highest BCUT2D eigenvalue weighted by Gasteiger charge is 2.17. The molecule has 0 aliphatic rings. The zero-order chi connectivity index (χ0) is 19.6. The van der Waals surface area contributed by atoms with Gasteiger partial charge in [-0.2, -0.15) is 0 Å². The molecule has 5 heteroatoms. The molecule has 0 N–H and O–H groups in total. The number of ether oxygens (including phenoxy) is 1. The maximum absolute atomic E-state index is 5.26. The number of nitrogens with zero attached hydrogens (tertiary/aromatic N) is 4. The number of benzene rings is 1. The van der Waals surface area contributed by atoms with Gasteiger partial charge in [0.1, 0.15) is 17.1 Å². The SMILES string of the molecule is COc1ccc(-c2cc(-c3c(-c4ccccn4)nc4ccccn34)ccn2)cc1. The molecule has 0 saturated carbocycles. The van der Waals surface area contributed by atoms with Crippen LogP contribution in [0.2, 0.25) is 0 Å². The second kappa shape index (κ2) is 7.20. The van der Waals surface area contributed by atoms with E-state index in [4.69, 9.17) is 9.72 Å². The molecule has 0 radical (unpaired) electrons. The van der Waals surface area contributed by atoms with Crippen LogP contribution < -0.4 is 4.74 Å². The average molecular weight is 378 g/mol. The molecule has 0 saturated heterocycles. The highest BCUT2D eigenvalue weighted by molar-refractivity contribution is 5.82. The van der Waals surface area contributed by atoms with Crippen LogP contribution in [0, 0.1) is 0 Å². The third kappa shape index (κ3) is 3.12. The minimum Gasteiger partial charge on any atom is -0.497 e. The topological polar surface area (TPSA) is 52.3 Å². The maximum Gasteiger partial charge on any atom is 0.138 e. The van der Waals surface area contributed by atoms with E-state index in [2.05, 4.69) is 20.4 Å². The van der Waals surface area contributed by atoms with Gasteiger partial charge in [-0.25, -0.2) is 4.98 Å². The third-order valence-electron chi connectivity index (χ3n) is 4.86. The summed E-state index contributed by atoms with van der Waals surface area (Å²) in [6.07, 6.45) is 5.65. The number of aromatic nitrogens is 4. The van der Waals surface area contributed by atoms with Crippen LogP contribution in [0.1, 0.15) is 0 Å². The molecule has 0 atom stereocenters. The second-order valence-corrected chi connectivity index (χ2v) is 6.61. The van der Waals surface area contributed by atoms with Crippen molar-refractivity contribution in [3.8, 4) is 39.7 Å². The minimum absolute atomic E-state index is 0.823. The van der Waals surface area contributed by atoms with Gasteiger partial charge in [0.15, 0.2) is 0 Å². The van der Waals surface area contributed by atoms with Gasteiger partial charge in [0.05, 0.1) is 24.2 Å². The van der Waals surface area contributed by atoms with E-state index in [0.29, 0.717) is 0 Å². The Hall–Kier alpha value is -3.99. The Kier molecular flexibility index (Phi) is 4.26. The Morgan fingerprint density at radius 2 is 1.59 bits per heavy atom. The summed E-state index contributed by atoms with van der Waals surface area (Å²) in [5.41, 5.74) is 6.52. The van der Waals surface area contributed by atoms with Crippen LogP contribution in [-0.4, -0.2) is 26.5 Å². The molecular weight excluding hydrogens is 360 g/mol. The molecule has 140 valence electrons. The minimum atomic E-state index is 0.823. The molecule has 5 aromatic rings. The summed E-state index contributed by atoms with van der Waals surface area (Å²) in [5.74, 6) is 0.823. The zero-order valence-electron chi connectivity index (χ0n) is 15.9. The van der Waals surface area contributed by atoms with Crippen LogP contribution in [-0.2, 0) is 0 Å². The van der Waals surface area contributed by atoms with Crippen LogP contribution in [0.15, 0.2) is 91.4 Å². The van der Waals surface area contributed by atoms with E-state index in [0.717, 1.165) is 45.3 Å². The smallest absolute Gasteiger partial charge is 0.138 e. The van der Waals surface area contributed by atoms with Crippen molar-refractivity contribution in [2.45, 2.75) is 0 Å². The van der Waals surface area contributed by atoms with Crippen LogP contribution >= 0.6 is 0 Å². The molecule has 0 aliphatic carbocycles. The van der Waals surface area contributed by atoms with Crippen molar-refractivity contribution < 1.29 is 4.74 Å². The maximum atomic E-state index is 5.26. The molecule has 5 rings (SSSR count). The van der Waals surface area contributed by atoms with Crippen molar-refractivity contribution in [1.82, 2.24) is 19.4 Å². The zero-order valence-corrected chi connectivity index (χ0v) is 15.9. The van der Waals surface area contributed by atoms with E-state index in [1.54, 1.807) is 13.3 Å². The first-order chi connectivity index (χ1) is 14.3. The Labute approximate surface area is 168 Å². The lowest BCUT2D eigenvalue weighted by molar-refractivity contribution is 0.415. The van der Waals surface area contributed by atoms with E-state index in [1.807, 2.05) is 79.1 Å². The first kappa shape index (κ1) is 17.1. The fraction of sp³-hybridized carbons (Fsp3) is 0.0417. The number of pyridine rings is 3. The van der Waals surface area contributed by atoms with E-state index in [1.165, 1.54) is 0 Å². The predicted molar refractivity (Wildman–Crippen MR) is 114 cm³/mol. The van der Waals surface area contributed by atoms with E-state index in [-0.39, 0.29) is 0 Å². The van der Waals surface area contributed by atoms with Crippen LogP contribution in [0.5, 0.6) is 5.75 Å². The molecule has 0 aliphatic heterocycles. The lowest BCUT2D eigenvalue weighted by atomic mass is 10.0. The van der Waals surface area contributed by atoms with Crippen molar-refractivity contribution in [3.63, 3.8) is 0 Å². The van der Waals surface area contributed by atoms with E-state index in [9.17, 15) is 0 Å². The normalized spacial score (nSPS) is 10.9. The number of fused-ring (bicyclic) bond motifs is 1. The fourth-order valence-corrected chi connectivity index (χ4v) is 3.45. The summed E-state index contributed by atoms with van der Waals surface area (Å²) in [6.45, 7) is 0. The number of imidazole rings is 1. The molecule has 0 bridgehead atoms. The largest absolute Gasteiger partial charge is 0.497 e. The third-order valence-corrected chi connectivity index (χ3v) is 4.86. The summed E-state index contributed by atoms with van der Waals surface area (Å²) in [4.78, 5) is 13.9. The van der Waals surface area contributed by atoms with Gasteiger partial charge < -0.3 is 4.74 Å². The Balaban J connectivity index is 1.69. The monoisotopic (exact) mass is 378 g/mol. The predicted octanol–water partition coefficient (Wildman–Crippen LogP) is 5.13. The molecule has 5 nitrogen and oxygen atoms in total. The van der Waals surface area contributed by atoms with Crippen molar-refractivity contribution in [1.29, 1.82) is 0 Å². The van der Waals surface area contributed by atoms with Gasteiger partial charge in [0, 0.05) is 29.7 Å². The molecule has 4 heterocycles. The summed E-state index contributed by atoms with van der Waals surface area (Å²) in [5, 5.41) is 0. The Morgan fingerprint density at radius 1 is 0.759 bits per heavy atom. The van der Waals surface area contributed by atoms with Crippen molar-refractivity contribution in [2.75, 3.05) is 7.11 Å². The van der Waals surface area contributed by atoms with Crippen LogP contribution in [0.25, 0.3) is 39.5 Å². The second-order valence-electron chi connectivity index (χ2n) is 6.61. The standard InChI is InChI=1S/C24H18N4O/c1-29-19-10-8-17(9-11-19)21-16-18(12-14-26-21)24-23(20-6-2-4-13-25-20)27-22-7-3-5-15-28(22)24/h2-16H,1H3. The van der Waals surface area contributed by atoms with Crippen molar-refractivity contribution >= 4 is 5.65 Å². The van der Waals surface area contributed by atoms with Crippen LogP contribution in [0.3, 0.4) is 0 Å². The molecule has 0 unspecified atom stereocenters. The lowest BCUT2D eigenvalue weighted by Gasteiger charge is -2.08. The van der Waals surface area contributed by atoms with E-state index >= 15 is 0 Å². The highest BCUT2D eigenvalue weighted by Crippen LogP contribution is 2.33. The average Bonchev–Trinajstić information content (AvgIpc) is 3.19. The van der Waals surface area contributed by atoms with Crippen LogP contribution in [0.4, 0.5) is 0 Å². The van der Waals surface area contributed by atoms with Crippen molar-refractivity contribution in [3.05, 3.63) is 91.4 Å². The number of methoxy groups -OCH3 is 1. The summed E-state index contributed by atoms with van der Waals surface area (Å²) < 4.78 is 7.36. The van der Waals surface area contributed by atoms with Gasteiger partial charge in [-0.15, -0.1) is 0 Å². The molecule has 4 aromatic heterocycles. The lowest BCUT2D eigenvalue weighted by Crippen LogP contribution is -1.92. The summed E-state index contributed by atoms with van der Waals surface area (Å²) in [7, 11) is 1.66. The van der Waals surface area contributed by atoms with Gasteiger partial charge in [-0.3, -0.25) is 14.4 Å². The van der Waals surface area contributed by atoms with Gasteiger partial charge in [0.25, 0.3) is 0 Å². The van der Waals surface area contributed by atoms with E-state index < -0.39 is 0 Å². The molecule has 0 amide bonds. The number of hydrogen-bond acceptors (Lipinski definition) is 4. The number of hydrogen-bond donors (Lipinski definition) is 0. The molecular formula is C24H18N4O. The Morgan fingerprint density at radius 3 is 2.38 bits per heavy atom. The fourth-order valence-electron chi connectivity index (χ4n) is 3.45. The van der Waals surface area contributed by atoms with Gasteiger partial charge in [-0.1, -0.05) is 12.1 Å². The summed E-state index contributed by atoms with van der Waals surface area (Å²) in [6, 6.07) is 23.9. The molecule has 29 heavy (non-hydrogen) atoms. The van der Waals surface area contributed by atoms with Crippen molar-refractivity contribution in [2.24, 2.45) is 0 Å². The highest BCUT2D eigenvalue weighted by atomic mass is 16.5. The molecule has 1 aromatic carbocycles.